The van der Waals surface area contributed by atoms with Crippen molar-refractivity contribution in [2.24, 2.45) is 0 Å². The number of para-hydroxylation sites is 3. The minimum Gasteiger partial charge on any atom is -0.456 e. The van der Waals surface area contributed by atoms with E-state index in [-0.39, 0.29) is 0 Å². The molecule has 0 aliphatic carbocycles. The van der Waals surface area contributed by atoms with Gasteiger partial charge < -0.3 is 13.7 Å². The van der Waals surface area contributed by atoms with Gasteiger partial charge in [-0.25, -0.2) is 0 Å². The molecule has 3 heteroatoms. The Morgan fingerprint density at radius 3 is 1.55 bits per heavy atom. The molecule has 0 unspecified atom stereocenters. The molecule has 258 valence electrons. The number of anilines is 3. The van der Waals surface area contributed by atoms with E-state index in [4.69, 9.17) is 8.83 Å². The van der Waals surface area contributed by atoms with Crippen LogP contribution in [-0.4, -0.2) is 0 Å². The lowest BCUT2D eigenvalue weighted by atomic mass is 9.98. The molecule has 3 nitrogen and oxygen atoms in total. The van der Waals surface area contributed by atoms with E-state index >= 15 is 0 Å². The number of furan rings is 2. The van der Waals surface area contributed by atoms with Crippen LogP contribution in [0.2, 0.25) is 0 Å². The van der Waals surface area contributed by atoms with Crippen LogP contribution >= 0.6 is 0 Å². The molecule has 0 aliphatic heterocycles. The molecule has 0 radical (unpaired) electrons. The third-order valence-electron chi connectivity index (χ3n) is 10.9. The molecule has 0 saturated carbocycles. The minimum atomic E-state index is 0.881. The molecule has 0 saturated heterocycles. The number of hydrogen-bond donors (Lipinski definition) is 0. The zero-order valence-electron chi connectivity index (χ0n) is 29.8. The summed E-state index contributed by atoms with van der Waals surface area (Å²) in [6.07, 6.45) is 0. The predicted molar refractivity (Wildman–Crippen MR) is 229 cm³/mol. The molecule has 0 atom stereocenters. The van der Waals surface area contributed by atoms with Crippen LogP contribution in [0.1, 0.15) is 0 Å². The Kier molecular flexibility index (Phi) is 7.17. The maximum absolute atomic E-state index is 6.35. The van der Waals surface area contributed by atoms with E-state index in [1.807, 2.05) is 24.3 Å². The maximum Gasteiger partial charge on any atom is 0.136 e. The van der Waals surface area contributed by atoms with Gasteiger partial charge in [-0.2, -0.15) is 0 Å². The predicted octanol–water partition coefficient (Wildman–Crippen LogP) is 15.1. The maximum atomic E-state index is 6.35. The van der Waals surface area contributed by atoms with Crippen molar-refractivity contribution < 1.29 is 8.83 Å². The Labute approximate surface area is 317 Å². The third-order valence-corrected chi connectivity index (χ3v) is 10.9. The van der Waals surface area contributed by atoms with Crippen molar-refractivity contribution >= 4 is 71.7 Å². The summed E-state index contributed by atoms with van der Waals surface area (Å²) in [5.74, 6) is 0. The summed E-state index contributed by atoms with van der Waals surface area (Å²) in [4.78, 5) is 2.36. The van der Waals surface area contributed by atoms with Gasteiger partial charge in [-0.05, 0) is 111 Å². The first-order valence-corrected chi connectivity index (χ1v) is 18.7. The number of rotatable bonds is 6. The Morgan fingerprint density at radius 2 is 0.800 bits per heavy atom. The first kappa shape index (κ1) is 31.2. The summed E-state index contributed by atoms with van der Waals surface area (Å²) < 4.78 is 12.5. The van der Waals surface area contributed by atoms with Crippen molar-refractivity contribution in [3.63, 3.8) is 0 Å². The van der Waals surface area contributed by atoms with Crippen molar-refractivity contribution in [3.05, 3.63) is 200 Å². The second-order valence-corrected chi connectivity index (χ2v) is 14.1. The van der Waals surface area contributed by atoms with Crippen molar-refractivity contribution in [1.29, 1.82) is 0 Å². The van der Waals surface area contributed by atoms with E-state index in [1.54, 1.807) is 0 Å². The summed E-state index contributed by atoms with van der Waals surface area (Å²) in [5.41, 5.74) is 13.7. The monoisotopic (exact) mass is 703 g/mol. The normalized spacial score (nSPS) is 11.6. The van der Waals surface area contributed by atoms with Crippen LogP contribution in [0.15, 0.2) is 209 Å². The number of hydrogen-bond acceptors (Lipinski definition) is 3. The van der Waals surface area contributed by atoms with Crippen molar-refractivity contribution in [3.8, 4) is 33.4 Å². The van der Waals surface area contributed by atoms with Crippen LogP contribution in [-0.2, 0) is 0 Å². The molecular weight excluding hydrogens is 671 g/mol. The van der Waals surface area contributed by atoms with Gasteiger partial charge in [0.05, 0.1) is 5.69 Å². The molecule has 55 heavy (non-hydrogen) atoms. The summed E-state index contributed by atoms with van der Waals surface area (Å²) in [6, 6.07) is 71.2. The van der Waals surface area contributed by atoms with Crippen LogP contribution in [0, 0.1) is 0 Å². The summed E-state index contributed by atoms with van der Waals surface area (Å²) in [7, 11) is 0. The summed E-state index contributed by atoms with van der Waals surface area (Å²) in [6.45, 7) is 0. The lowest BCUT2D eigenvalue weighted by Crippen LogP contribution is -2.11. The largest absolute Gasteiger partial charge is 0.456 e. The van der Waals surface area contributed by atoms with Gasteiger partial charge in [-0.15, -0.1) is 0 Å². The SMILES string of the molecule is c1ccc(N(c2ccc(-c3ccc4ccccc4c3)cc2)c2ccc(-c3ccc4oc5ccccc5c4c3)cc2)c(-c2ccc3c(c2)oc2ccccc23)c1. The smallest absolute Gasteiger partial charge is 0.136 e. The Balaban J connectivity index is 1.03. The fourth-order valence-electron chi connectivity index (χ4n) is 8.11. The zero-order chi connectivity index (χ0) is 36.3. The van der Waals surface area contributed by atoms with Crippen LogP contribution < -0.4 is 4.90 Å². The van der Waals surface area contributed by atoms with Crippen molar-refractivity contribution in [2.75, 3.05) is 4.90 Å². The van der Waals surface area contributed by atoms with Crippen LogP contribution in [0.4, 0.5) is 17.1 Å². The van der Waals surface area contributed by atoms with Gasteiger partial charge in [-0.1, -0.05) is 127 Å². The minimum absolute atomic E-state index is 0.881. The molecule has 0 fully saturated rings. The van der Waals surface area contributed by atoms with Gasteiger partial charge in [0, 0.05) is 38.5 Å². The van der Waals surface area contributed by atoms with Crippen LogP contribution in [0.5, 0.6) is 0 Å². The fraction of sp³-hybridized carbons (Fsp3) is 0. The van der Waals surface area contributed by atoms with Gasteiger partial charge >= 0.3 is 0 Å². The Bertz CT molecular complexity index is 3200. The standard InChI is InChI=1S/C52H33NO2/c1-2-10-37-31-38(18-17-34(37)9-1)35-19-25-41(26-20-35)53(42-27-21-36(22-28-42)39-24-30-51-47(32-39)45-13-5-8-16-50(45)54-51)48-14-6-3-11-43(48)40-23-29-46-44-12-4-7-15-49(44)55-52(46)33-40/h1-33H. The van der Waals surface area contributed by atoms with E-state index in [1.165, 1.54) is 21.9 Å². The van der Waals surface area contributed by atoms with E-state index in [0.29, 0.717) is 0 Å². The molecule has 11 rings (SSSR count). The van der Waals surface area contributed by atoms with E-state index in [9.17, 15) is 0 Å². The highest BCUT2D eigenvalue weighted by Crippen LogP contribution is 2.43. The molecule has 2 heterocycles. The molecule has 2 aromatic heterocycles. The van der Waals surface area contributed by atoms with E-state index in [2.05, 4.69) is 181 Å². The molecule has 0 aliphatic rings. The van der Waals surface area contributed by atoms with Gasteiger partial charge in [0.2, 0.25) is 0 Å². The topological polar surface area (TPSA) is 29.5 Å². The first-order chi connectivity index (χ1) is 27.2. The number of nitrogens with zero attached hydrogens (tertiary/aromatic N) is 1. The van der Waals surface area contributed by atoms with Crippen molar-refractivity contribution in [2.45, 2.75) is 0 Å². The quantitative estimate of drug-likeness (QED) is 0.173. The third kappa shape index (κ3) is 5.36. The zero-order valence-corrected chi connectivity index (χ0v) is 29.8. The van der Waals surface area contributed by atoms with Gasteiger partial charge in [-0.3, -0.25) is 0 Å². The van der Waals surface area contributed by atoms with Gasteiger partial charge in [0.15, 0.2) is 0 Å². The second-order valence-electron chi connectivity index (χ2n) is 14.1. The lowest BCUT2D eigenvalue weighted by Gasteiger charge is -2.28. The van der Waals surface area contributed by atoms with E-state index < -0.39 is 0 Å². The summed E-state index contributed by atoms with van der Waals surface area (Å²) in [5, 5.41) is 6.99. The Morgan fingerprint density at radius 1 is 0.291 bits per heavy atom. The number of fused-ring (bicyclic) bond motifs is 7. The first-order valence-electron chi connectivity index (χ1n) is 18.7. The van der Waals surface area contributed by atoms with Crippen molar-refractivity contribution in [1.82, 2.24) is 0 Å². The highest BCUT2D eigenvalue weighted by atomic mass is 16.3. The highest BCUT2D eigenvalue weighted by Gasteiger charge is 2.19. The highest BCUT2D eigenvalue weighted by molar-refractivity contribution is 6.07. The van der Waals surface area contributed by atoms with E-state index in [0.717, 1.165) is 83.2 Å². The fourth-order valence-corrected chi connectivity index (χ4v) is 8.11. The average molecular weight is 704 g/mol. The van der Waals surface area contributed by atoms with Gasteiger partial charge in [0.25, 0.3) is 0 Å². The second kappa shape index (κ2) is 12.6. The number of benzene rings is 9. The molecule has 0 amide bonds. The van der Waals surface area contributed by atoms with Crippen LogP contribution in [0.3, 0.4) is 0 Å². The Hall–Kier alpha value is -7.36. The molecular formula is C52H33NO2. The molecule has 0 N–H and O–H groups in total. The van der Waals surface area contributed by atoms with Crippen LogP contribution in [0.25, 0.3) is 88.0 Å². The van der Waals surface area contributed by atoms with Gasteiger partial charge in [0.1, 0.15) is 22.3 Å². The molecule has 0 spiro atoms. The average Bonchev–Trinajstić information content (AvgIpc) is 3.82. The molecule has 11 aromatic rings. The molecule has 9 aromatic carbocycles. The lowest BCUT2D eigenvalue weighted by molar-refractivity contribution is 0.668. The molecule has 0 bridgehead atoms. The summed E-state index contributed by atoms with van der Waals surface area (Å²) >= 11 is 0.